The van der Waals surface area contributed by atoms with Crippen molar-refractivity contribution in [2.45, 2.75) is 140 Å². The summed E-state index contributed by atoms with van der Waals surface area (Å²) in [5.74, 6) is 1.79. The minimum Gasteiger partial charge on any atom is -0.444 e. The second kappa shape index (κ2) is 22.0. The summed E-state index contributed by atoms with van der Waals surface area (Å²) in [4.78, 5) is 13.1. The van der Waals surface area contributed by atoms with Gasteiger partial charge >= 0.3 is 6.09 Å². The van der Waals surface area contributed by atoms with Crippen LogP contribution in [-0.2, 0) is 4.74 Å². The molecule has 3 nitrogen and oxygen atoms in total. The molecule has 0 spiro atoms. The number of rotatable bonds is 6. The lowest BCUT2D eigenvalue weighted by atomic mass is 10.0. The first kappa shape index (κ1) is 32.9. The van der Waals surface area contributed by atoms with E-state index in [0.29, 0.717) is 0 Å². The van der Waals surface area contributed by atoms with Crippen LogP contribution in [0.25, 0.3) is 0 Å². The lowest BCUT2D eigenvalue weighted by Crippen LogP contribution is -2.34. The summed E-state index contributed by atoms with van der Waals surface area (Å²) in [5, 5.41) is 0. The molecule has 0 N–H and O–H groups in total. The van der Waals surface area contributed by atoms with Gasteiger partial charge in [0.2, 0.25) is 0 Å². The number of likely N-dealkylation sites (tertiary alicyclic amines) is 1. The van der Waals surface area contributed by atoms with Gasteiger partial charge in [0.15, 0.2) is 0 Å². The first-order valence-electron chi connectivity index (χ1n) is 12.4. The van der Waals surface area contributed by atoms with Crippen LogP contribution < -0.4 is 0 Å². The van der Waals surface area contributed by atoms with Crippen molar-refractivity contribution < 1.29 is 9.53 Å². The van der Waals surface area contributed by atoms with Crippen LogP contribution in [0.1, 0.15) is 134 Å². The maximum absolute atomic E-state index is 11.4. The Hall–Kier alpha value is -0.730. The predicted octanol–water partition coefficient (Wildman–Crippen LogP) is 9.10. The smallest absolute Gasteiger partial charge is 0.410 e. The Bertz CT molecular complexity index is 323. The topological polar surface area (TPSA) is 29.5 Å². The van der Waals surface area contributed by atoms with Crippen molar-refractivity contribution in [2.75, 3.05) is 13.1 Å². The number of ether oxygens (including phenoxy) is 1. The highest BCUT2D eigenvalue weighted by Crippen LogP contribution is 2.14. The first-order valence-corrected chi connectivity index (χ1v) is 12.4. The largest absolute Gasteiger partial charge is 0.444 e. The Balaban J connectivity index is -0.000000350. The van der Waals surface area contributed by atoms with Gasteiger partial charge in [-0.15, -0.1) is 0 Å². The molecule has 1 rings (SSSR count). The third-order valence-corrected chi connectivity index (χ3v) is 4.26. The second-order valence-electron chi connectivity index (χ2n) is 9.92. The van der Waals surface area contributed by atoms with Crippen LogP contribution >= 0.6 is 0 Å². The summed E-state index contributed by atoms with van der Waals surface area (Å²) in [5.41, 5.74) is -0.361. The molecule has 0 aromatic heterocycles. The van der Waals surface area contributed by atoms with Crippen LogP contribution in [0.5, 0.6) is 0 Å². The maximum atomic E-state index is 11.4. The minimum atomic E-state index is -0.361. The van der Waals surface area contributed by atoms with E-state index in [0.717, 1.165) is 37.8 Å². The van der Waals surface area contributed by atoms with Crippen molar-refractivity contribution in [2.24, 2.45) is 11.8 Å². The van der Waals surface area contributed by atoms with Gasteiger partial charge in [0, 0.05) is 13.1 Å². The maximum Gasteiger partial charge on any atom is 0.410 e. The average molecular weight is 416 g/mol. The van der Waals surface area contributed by atoms with E-state index in [1.165, 1.54) is 44.9 Å². The van der Waals surface area contributed by atoms with E-state index in [1.54, 1.807) is 4.90 Å². The van der Waals surface area contributed by atoms with E-state index in [4.69, 9.17) is 4.74 Å². The average Bonchev–Trinajstić information content (AvgIpc) is 3.15. The van der Waals surface area contributed by atoms with E-state index < -0.39 is 0 Å². The van der Waals surface area contributed by atoms with Crippen LogP contribution in [0.2, 0.25) is 0 Å². The number of nitrogens with zero attached hydrogens (tertiary/aromatic N) is 1. The number of carbonyl (C=O) groups excluding carboxylic acids is 1. The number of carbonyl (C=O) groups is 1. The highest BCUT2D eigenvalue weighted by molar-refractivity contribution is 5.68. The van der Waals surface area contributed by atoms with E-state index in [-0.39, 0.29) is 11.7 Å². The molecule has 1 saturated heterocycles. The molecule has 0 saturated carbocycles. The fourth-order valence-corrected chi connectivity index (χ4v) is 2.17. The Morgan fingerprint density at radius 3 is 1.62 bits per heavy atom. The fourth-order valence-electron chi connectivity index (χ4n) is 2.17. The summed E-state index contributed by atoms with van der Waals surface area (Å²) in [7, 11) is 0. The van der Waals surface area contributed by atoms with E-state index in [1.807, 2.05) is 20.8 Å². The Labute approximate surface area is 185 Å². The van der Waals surface area contributed by atoms with Crippen LogP contribution in [0.4, 0.5) is 4.79 Å². The molecule has 0 aliphatic carbocycles. The summed E-state index contributed by atoms with van der Waals surface area (Å²) in [6.07, 6.45) is 11.7. The molecule has 0 aromatic rings. The molecule has 3 heteroatoms. The summed E-state index contributed by atoms with van der Waals surface area (Å²) >= 11 is 0. The van der Waals surface area contributed by atoms with Gasteiger partial charge in [0.1, 0.15) is 5.60 Å². The van der Waals surface area contributed by atoms with Crippen LogP contribution in [0.3, 0.4) is 0 Å². The first-order chi connectivity index (χ1) is 13.4. The number of hydrogen-bond acceptors (Lipinski definition) is 2. The quantitative estimate of drug-likeness (QED) is 0.405. The zero-order chi connectivity index (χ0) is 23.3. The van der Waals surface area contributed by atoms with Gasteiger partial charge in [-0.05, 0) is 45.4 Å². The molecule has 29 heavy (non-hydrogen) atoms. The summed E-state index contributed by atoms with van der Waals surface area (Å²) in [6.45, 7) is 25.1. The van der Waals surface area contributed by atoms with Gasteiger partial charge in [0.05, 0.1) is 0 Å². The van der Waals surface area contributed by atoms with Crippen molar-refractivity contribution in [1.29, 1.82) is 0 Å². The number of amides is 1. The van der Waals surface area contributed by atoms with Gasteiger partial charge in [0.25, 0.3) is 0 Å². The SMILES string of the molecule is CC(C)(C)OC(=O)N1CCCC1.CC(C)C.CCCC.CCCCCC(C)CC. The van der Waals surface area contributed by atoms with Crippen molar-refractivity contribution in [3.8, 4) is 0 Å². The molecule has 178 valence electrons. The lowest BCUT2D eigenvalue weighted by molar-refractivity contribution is 0.0295. The summed E-state index contributed by atoms with van der Waals surface area (Å²) in [6, 6.07) is 0. The van der Waals surface area contributed by atoms with Crippen LogP contribution in [-0.4, -0.2) is 29.7 Å². The standard InChI is InChI=1S/C9H17NO2.C9H20.2C4H10/c1-9(2,3)12-8(11)10-6-4-5-7-10;1-4-6-7-8-9(3)5-2;1-4(2)3;1-3-4-2/h4-7H2,1-3H3;9H,4-8H2,1-3H3;4H,1-3H3;3-4H2,1-2H3. The third kappa shape index (κ3) is 32.2. The Morgan fingerprint density at radius 2 is 1.31 bits per heavy atom. The molecule has 1 atom stereocenters. The van der Waals surface area contributed by atoms with E-state index in [9.17, 15) is 4.79 Å². The molecule has 1 amide bonds. The normalized spacial score (nSPS) is 14.0. The molecule has 0 radical (unpaired) electrons. The van der Waals surface area contributed by atoms with E-state index >= 15 is 0 Å². The third-order valence-electron chi connectivity index (χ3n) is 4.26. The molecule has 0 aromatic carbocycles. The van der Waals surface area contributed by atoms with Crippen LogP contribution in [0.15, 0.2) is 0 Å². The highest BCUT2D eigenvalue weighted by atomic mass is 16.6. The van der Waals surface area contributed by atoms with Crippen molar-refractivity contribution >= 4 is 6.09 Å². The monoisotopic (exact) mass is 415 g/mol. The van der Waals surface area contributed by atoms with Crippen LogP contribution in [0, 0.1) is 11.8 Å². The van der Waals surface area contributed by atoms with Gasteiger partial charge in [-0.2, -0.15) is 0 Å². The molecular weight excluding hydrogens is 358 g/mol. The van der Waals surface area contributed by atoms with Crippen molar-refractivity contribution in [3.05, 3.63) is 0 Å². The van der Waals surface area contributed by atoms with Gasteiger partial charge in [-0.3, -0.25) is 0 Å². The molecule has 1 aliphatic heterocycles. The number of unbranched alkanes of at least 4 members (excludes halogenated alkanes) is 3. The zero-order valence-electron chi connectivity index (χ0n) is 22.2. The fraction of sp³-hybridized carbons (Fsp3) is 0.962. The molecule has 1 fully saturated rings. The Kier molecular flexibility index (Phi) is 24.9. The predicted molar refractivity (Wildman–Crippen MR) is 132 cm³/mol. The van der Waals surface area contributed by atoms with Gasteiger partial charge < -0.3 is 9.64 Å². The van der Waals surface area contributed by atoms with Crippen molar-refractivity contribution in [3.63, 3.8) is 0 Å². The molecule has 1 unspecified atom stereocenters. The highest BCUT2D eigenvalue weighted by Gasteiger charge is 2.23. The van der Waals surface area contributed by atoms with Gasteiger partial charge in [-0.1, -0.05) is 100 Å². The van der Waals surface area contributed by atoms with E-state index in [2.05, 4.69) is 55.4 Å². The number of hydrogen-bond donors (Lipinski definition) is 0. The molecule has 1 heterocycles. The molecular formula is C26H57NO2. The lowest BCUT2D eigenvalue weighted by Gasteiger charge is -2.23. The Morgan fingerprint density at radius 1 is 0.862 bits per heavy atom. The minimum absolute atomic E-state index is 0.167. The molecule has 0 bridgehead atoms. The molecule has 1 aliphatic rings. The van der Waals surface area contributed by atoms with Gasteiger partial charge in [-0.25, -0.2) is 4.79 Å². The summed E-state index contributed by atoms with van der Waals surface area (Å²) < 4.78 is 5.21. The zero-order valence-corrected chi connectivity index (χ0v) is 22.2. The second-order valence-corrected chi connectivity index (χ2v) is 9.92. The van der Waals surface area contributed by atoms with Crippen molar-refractivity contribution in [1.82, 2.24) is 4.90 Å².